The lowest BCUT2D eigenvalue weighted by Crippen LogP contribution is -2.09. The highest BCUT2D eigenvalue weighted by Gasteiger charge is 2.15. The largest absolute Gasteiger partial charge is 0.494 e. The van der Waals surface area contributed by atoms with Gasteiger partial charge in [0, 0.05) is 6.20 Å². The summed E-state index contributed by atoms with van der Waals surface area (Å²) in [6.07, 6.45) is 3.09. The van der Waals surface area contributed by atoms with E-state index in [2.05, 4.69) is 4.98 Å². The molecule has 2 N–H and O–H groups in total. The molecule has 0 bridgehead atoms. The fourth-order valence-electron chi connectivity index (χ4n) is 2.10. The Morgan fingerprint density at radius 2 is 1.78 bits per heavy atom. The van der Waals surface area contributed by atoms with Crippen molar-refractivity contribution in [3.8, 4) is 5.75 Å². The maximum Gasteiger partial charge on any atom is 0.337 e. The molecule has 0 aliphatic heterocycles. The van der Waals surface area contributed by atoms with Crippen molar-refractivity contribution < 1.29 is 24.5 Å². The molecule has 1 aromatic carbocycles. The molecule has 0 spiro atoms. The standard InChI is InChI=1S/C17H17NO5/c19-16(20)12-10-14(17(21)22)15(18-11-12)8-4-5-9-23-13-6-2-1-3-7-13/h1-3,6-7,10-11H,4-5,8-9H2,(H,19,20)(H,21,22). The van der Waals surface area contributed by atoms with Crippen molar-refractivity contribution in [1.82, 2.24) is 4.98 Å². The maximum atomic E-state index is 11.2. The van der Waals surface area contributed by atoms with Gasteiger partial charge in [-0.05, 0) is 37.5 Å². The van der Waals surface area contributed by atoms with Gasteiger partial charge in [0.25, 0.3) is 0 Å². The van der Waals surface area contributed by atoms with Gasteiger partial charge in [-0.3, -0.25) is 4.98 Å². The predicted molar refractivity (Wildman–Crippen MR) is 83.0 cm³/mol. The fraction of sp³-hybridized carbons (Fsp3) is 0.235. The number of rotatable bonds is 8. The molecule has 0 atom stereocenters. The molecule has 0 saturated carbocycles. The lowest BCUT2D eigenvalue weighted by molar-refractivity contribution is 0.0695. The summed E-state index contributed by atoms with van der Waals surface area (Å²) in [7, 11) is 0. The van der Waals surface area contributed by atoms with E-state index in [1.54, 1.807) is 0 Å². The van der Waals surface area contributed by atoms with Gasteiger partial charge in [-0.15, -0.1) is 0 Å². The van der Waals surface area contributed by atoms with Crippen LogP contribution in [0.5, 0.6) is 5.75 Å². The Morgan fingerprint density at radius 1 is 1.04 bits per heavy atom. The second-order valence-corrected chi connectivity index (χ2v) is 4.95. The highest BCUT2D eigenvalue weighted by molar-refractivity contribution is 5.94. The van der Waals surface area contributed by atoms with Crippen molar-refractivity contribution in [1.29, 1.82) is 0 Å². The Balaban J connectivity index is 1.87. The van der Waals surface area contributed by atoms with Crippen LogP contribution < -0.4 is 4.74 Å². The molecule has 0 fully saturated rings. The summed E-state index contributed by atoms with van der Waals surface area (Å²) in [5, 5.41) is 18.1. The van der Waals surface area contributed by atoms with Gasteiger partial charge in [-0.1, -0.05) is 18.2 Å². The number of benzene rings is 1. The Labute approximate surface area is 133 Å². The molecule has 0 unspecified atom stereocenters. The van der Waals surface area contributed by atoms with E-state index < -0.39 is 11.9 Å². The molecule has 23 heavy (non-hydrogen) atoms. The van der Waals surface area contributed by atoms with Gasteiger partial charge in [0.15, 0.2) is 0 Å². The quantitative estimate of drug-likeness (QED) is 0.727. The summed E-state index contributed by atoms with van der Waals surface area (Å²) in [6, 6.07) is 10.6. The van der Waals surface area contributed by atoms with Gasteiger partial charge in [0.1, 0.15) is 5.75 Å². The molecule has 6 heteroatoms. The van der Waals surface area contributed by atoms with Gasteiger partial charge in [0.2, 0.25) is 0 Å². The van der Waals surface area contributed by atoms with Crippen molar-refractivity contribution in [3.05, 3.63) is 59.4 Å². The number of para-hydroxylation sites is 1. The van der Waals surface area contributed by atoms with E-state index in [0.29, 0.717) is 25.1 Å². The topological polar surface area (TPSA) is 96.7 Å². The normalized spacial score (nSPS) is 10.3. The van der Waals surface area contributed by atoms with Gasteiger partial charge in [-0.2, -0.15) is 0 Å². The van der Waals surface area contributed by atoms with Gasteiger partial charge in [-0.25, -0.2) is 9.59 Å². The van der Waals surface area contributed by atoms with Crippen LogP contribution in [0.2, 0.25) is 0 Å². The van der Waals surface area contributed by atoms with E-state index in [-0.39, 0.29) is 11.1 Å². The van der Waals surface area contributed by atoms with E-state index in [9.17, 15) is 9.59 Å². The molecule has 0 aliphatic carbocycles. The Morgan fingerprint density at radius 3 is 2.43 bits per heavy atom. The first-order valence-corrected chi connectivity index (χ1v) is 7.21. The van der Waals surface area contributed by atoms with E-state index >= 15 is 0 Å². The van der Waals surface area contributed by atoms with E-state index in [1.165, 1.54) is 6.20 Å². The third-order valence-electron chi connectivity index (χ3n) is 3.27. The van der Waals surface area contributed by atoms with Crippen LogP contribution in [0.15, 0.2) is 42.6 Å². The number of hydrogen-bond donors (Lipinski definition) is 2. The first-order chi connectivity index (χ1) is 11.1. The molecule has 0 amide bonds. The van der Waals surface area contributed by atoms with Crippen LogP contribution in [0.1, 0.15) is 39.3 Å². The number of hydrogen-bond acceptors (Lipinski definition) is 4. The number of carboxylic acid groups (broad SMARTS) is 2. The number of pyridine rings is 1. The van der Waals surface area contributed by atoms with Gasteiger partial charge < -0.3 is 14.9 Å². The first-order valence-electron chi connectivity index (χ1n) is 7.21. The summed E-state index contributed by atoms with van der Waals surface area (Å²) in [5.74, 6) is -1.57. The highest BCUT2D eigenvalue weighted by Crippen LogP contribution is 2.13. The zero-order valence-corrected chi connectivity index (χ0v) is 12.4. The van der Waals surface area contributed by atoms with Crippen molar-refractivity contribution in [2.75, 3.05) is 6.61 Å². The van der Waals surface area contributed by atoms with Crippen LogP contribution in [-0.4, -0.2) is 33.7 Å². The van der Waals surface area contributed by atoms with Crippen LogP contribution in [0.3, 0.4) is 0 Å². The fourth-order valence-corrected chi connectivity index (χ4v) is 2.10. The van der Waals surface area contributed by atoms with Crippen molar-refractivity contribution in [2.24, 2.45) is 0 Å². The number of aryl methyl sites for hydroxylation is 1. The van der Waals surface area contributed by atoms with Gasteiger partial charge in [0.05, 0.1) is 23.4 Å². The Bertz CT molecular complexity index is 685. The monoisotopic (exact) mass is 315 g/mol. The summed E-state index contributed by atoms with van der Waals surface area (Å²) in [6.45, 7) is 0.527. The maximum absolute atomic E-state index is 11.2. The molecule has 0 radical (unpaired) electrons. The lowest BCUT2D eigenvalue weighted by atomic mass is 10.1. The molecule has 2 rings (SSSR count). The molecular formula is C17H17NO5. The number of ether oxygens (including phenoxy) is 1. The lowest BCUT2D eigenvalue weighted by Gasteiger charge is -2.07. The second-order valence-electron chi connectivity index (χ2n) is 4.95. The van der Waals surface area contributed by atoms with Crippen LogP contribution in [-0.2, 0) is 6.42 Å². The zero-order valence-electron chi connectivity index (χ0n) is 12.4. The van der Waals surface area contributed by atoms with E-state index in [0.717, 1.165) is 18.2 Å². The highest BCUT2D eigenvalue weighted by atomic mass is 16.5. The molecule has 0 saturated heterocycles. The first kappa shape index (κ1) is 16.5. The predicted octanol–water partition coefficient (Wildman–Crippen LogP) is 2.88. The minimum Gasteiger partial charge on any atom is -0.494 e. The number of unbranched alkanes of at least 4 members (excludes halogenated alkanes) is 1. The molecule has 1 heterocycles. The summed E-state index contributed by atoms with van der Waals surface area (Å²) < 4.78 is 5.56. The average Bonchev–Trinajstić information content (AvgIpc) is 2.55. The number of aromatic nitrogens is 1. The number of carbonyl (C=O) groups is 2. The molecular weight excluding hydrogens is 298 g/mol. The number of carboxylic acids is 2. The summed E-state index contributed by atoms with van der Waals surface area (Å²) >= 11 is 0. The van der Waals surface area contributed by atoms with Crippen molar-refractivity contribution in [3.63, 3.8) is 0 Å². The number of aromatic carboxylic acids is 2. The van der Waals surface area contributed by atoms with Crippen LogP contribution >= 0.6 is 0 Å². The van der Waals surface area contributed by atoms with Crippen molar-refractivity contribution in [2.45, 2.75) is 19.3 Å². The molecule has 120 valence electrons. The van der Waals surface area contributed by atoms with Crippen LogP contribution in [0.25, 0.3) is 0 Å². The minimum atomic E-state index is -1.19. The summed E-state index contributed by atoms with van der Waals surface area (Å²) in [5.41, 5.74) is 0.203. The third kappa shape index (κ3) is 4.81. The number of nitrogens with zero attached hydrogens (tertiary/aromatic N) is 1. The molecule has 2 aromatic rings. The van der Waals surface area contributed by atoms with Crippen LogP contribution in [0, 0.1) is 0 Å². The zero-order chi connectivity index (χ0) is 16.7. The second kappa shape index (κ2) is 7.93. The minimum absolute atomic E-state index is 0.0612. The van der Waals surface area contributed by atoms with Crippen molar-refractivity contribution >= 4 is 11.9 Å². The Hall–Kier alpha value is -2.89. The molecule has 6 nitrogen and oxygen atoms in total. The SMILES string of the molecule is O=C(O)c1cnc(CCCCOc2ccccc2)c(C(=O)O)c1. The Kier molecular flexibility index (Phi) is 5.68. The van der Waals surface area contributed by atoms with Gasteiger partial charge >= 0.3 is 11.9 Å². The molecule has 1 aromatic heterocycles. The summed E-state index contributed by atoms with van der Waals surface area (Å²) in [4.78, 5) is 26.1. The molecule has 0 aliphatic rings. The smallest absolute Gasteiger partial charge is 0.337 e. The average molecular weight is 315 g/mol. The van der Waals surface area contributed by atoms with E-state index in [4.69, 9.17) is 14.9 Å². The van der Waals surface area contributed by atoms with Crippen LogP contribution in [0.4, 0.5) is 0 Å². The third-order valence-corrected chi connectivity index (χ3v) is 3.27. The van der Waals surface area contributed by atoms with E-state index in [1.807, 2.05) is 30.3 Å².